The van der Waals surface area contributed by atoms with Crippen molar-refractivity contribution in [2.24, 2.45) is 5.92 Å². The molecule has 2 aliphatic rings. The molecule has 0 radical (unpaired) electrons. The van der Waals surface area contributed by atoms with Crippen LogP contribution in [0.25, 0.3) is 11.0 Å². The van der Waals surface area contributed by atoms with Crippen LogP contribution in [0.15, 0.2) is 48.8 Å². The van der Waals surface area contributed by atoms with Gasteiger partial charge in [-0.3, -0.25) is 19.3 Å². The Balaban J connectivity index is 1.15. The Labute approximate surface area is 204 Å². The minimum absolute atomic E-state index is 0.0340. The van der Waals surface area contributed by atoms with Gasteiger partial charge in [-0.2, -0.15) is 0 Å². The molecule has 2 aromatic carbocycles. The van der Waals surface area contributed by atoms with Crippen LogP contribution in [-0.2, 0) is 9.59 Å². The molecule has 9 heteroatoms. The molecule has 5 rings (SSSR count). The fraction of sp³-hybridized carbons (Fsp3) is 0.385. The third-order valence-electron chi connectivity index (χ3n) is 6.92. The minimum Gasteiger partial charge on any atom is -0.352 e. The zero-order chi connectivity index (χ0) is 24.4. The highest BCUT2D eigenvalue weighted by Crippen LogP contribution is 2.27. The fourth-order valence-corrected chi connectivity index (χ4v) is 4.82. The van der Waals surface area contributed by atoms with Crippen molar-refractivity contribution in [1.29, 1.82) is 0 Å². The van der Waals surface area contributed by atoms with Crippen molar-refractivity contribution < 1.29 is 14.4 Å². The molecule has 9 nitrogen and oxygen atoms in total. The second kappa shape index (κ2) is 9.87. The maximum Gasteiger partial charge on any atom is 0.251 e. The number of rotatable bonds is 7. The summed E-state index contributed by atoms with van der Waals surface area (Å²) in [5, 5.41) is 2.96. The molecule has 0 aliphatic carbocycles. The third kappa shape index (κ3) is 5.05. The van der Waals surface area contributed by atoms with Gasteiger partial charge in [0.2, 0.25) is 11.8 Å². The first kappa shape index (κ1) is 23.0. The standard InChI is InChI=1S/C26H30N6O3/c1-30(25(34)16-31-10-2-3-11-31)20-5-7-21(8-6-20)32-15-18(12-24(32)33)14-27-26(35)19-4-9-22-23(13-19)29-17-28-22/h4-9,13,17-18H,2-3,10-12,14-16H2,1H3,(H,27,35)(H,28,29). The van der Waals surface area contributed by atoms with E-state index < -0.39 is 0 Å². The summed E-state index contributed by atoms with van der Waals surface area (Å²) in [4.78, 5) is 50.6. The molecule has 3 heterocycles. The van der Waals surface area contributed by atoms with E-state index in [1.165, 1.54) is 0 Å². The summed E-state index contributed by atoms with van der Waals surface area (Å²) >= 11 is 0. The predicted octanol–water partition coefficient (Wildman–Crippen LogP) is 2.40. The molecule has 0 saturated carbocycles. The molecule has 1 aromatic heterocycles. The van der Waals surface area contributed by atoms with E-state index in [0.717, 1.165) is 48.3 Å². The highest BCUT2D eigenvalue weighted by Gasteiger charge is 2.31. The van der Waals surface area contributed by atoms with E-state index in [4.69, 9.17) is 0 Å². The van der Waals surface area contributed by atoms with Crippen LogP contribution in [0.2, 0.25) is 0 Å². The molecular weight excluding hydrogens is 444 g/mol. The van der Waals surface area contributed by atoms with Gasteiger partial charge in [-0.1, -0.05) is 0 Å². The summed E-state index contributed by atoms with van der Waals surface area (Å²) < 4.78 is 0. The summed E-state index contributed by atoms with van der Waals surface area (Å²) in [6.45, 7) is 3.37. The van der Waals surface area contributed by atoms with Crippen LogP contribution in [0.3, 0.4) is 0 Å². The van der Waals surface area contributed by atoms with E-state index in [1.807, 2.05) is 30.3 Å². The number of hydrogen-bond acceptors (Lipinski definition) is 5. The molecule has 1 atom stereocenters. The van der Waals surface area contributed by atoms with Crippen LogP contribution in [-0.4, -0.2) is 72.4 Å². The number of benzene rings is 2. The quantitative estimate of drug-likeness (QED) is 0.548. The number of nitrogens with one attached hydrogen (secondary N) is 2. The van der Waals surface area contributed by atoms with Crippen LogP contribution in [0.4, 0.5) is 11.4 Å². The second-order valence-corrected chi connectivity index (χ2v) is 9.37. The summed E-state index contributed by atoms with van der Waals surface area (Å²) in [5.74, 6) is -0.0289. The monoisotopic (exact) mass is 474 g/mol. The van der Waals surface area contributed by atoms with Gasteiger partial charge in [0.1, 0.15) is 0 Å². The number of fused-ring (bicyclic) bond motifs is 1. The Morgan fingerprint density at radius 3 is 2.69 bits per heavy atom. The first-order valence-corrected chi connectivity index (χ1v) is 12.1. The van der Waals surface area contributed by atoms with Gasteiger partial charge < -0.3 is 20.1 Å². The lowest BCUT2D eigenvalue weighted by Gasteiger charge is -2.22. The minimum atomic E-state index is -0.168. The largest absolute Gasteiger partial charge is 0.352 e. The normalized spacial score (nSPS) is 18.4. The number of carbonyl (C=O) groups excluding carboxylic acids is 3. The Kier molecular flexibility index (Phi) is 6.50. The molecule has 182 valence electrons. The number of aromatic amines is 1. The average Bonchev–Trinajstić information content (AvgIpc) is 3.63. The van der Waals surface area contributed by atoms with Crippen molar-refractivity contribution in [3.05, 3.63) is 54.4 Å². The average molecular weight is 475 g/mol. The second-order valence-electron chi connectivity index (χ2n) is 9.37. The number of H-pyrrole nitrogens is 1. The lowest BCUT2D eigenvalue weighted by Crippen LogP contribution is -2.37. The number of aromatic nitrogens is 2. The predicted molar refractivity (Wildman–Crippen MR) is 134 cm³/mol. The van der Waals surface area contributed by atoms with Gasteiger partial charge in [0, 0.05) is 49.4 Å². The number of likely N-dealkylation sites (N-methyl/N-ethyl adjacent to an activating group) is 1. The number of imidazole rings is 1. The van der Waals surface area contributed by atoms with E-state index in [9.17, 15) is 14.4 Å². The molecule has 1 unspecified atom stereocenters. The molecule has 0 bridgehead atoms. The Morgan fingerprint density at radius 1 is 1.14 bits per heavy atom. The lowest BCUT2D eigenvalue weighted by atomic mass is 10.1. The summed E-state index contributed by atoms with van der Waals surface area (Å²) in [6.07, 6.45) is 4.29. The number of carbonyl (C=O) groups is 3. The van der Waals surface area contributed by atoms with Crippen molar-refractivity contribution in [3.8, 4) is 0 Å². The van der Waals surface area contributed by atoms with Gasteiger partial charge in [0.05, 0.1) is 23.9 Å². The van der Waals surface area contributed by atoms with Gasteiger partial charge in [0.15, 0.2) is 0 Å². The molecule has 2 fully saturated rings. The SMILES string of the molecule is CN(C(=O)CN1CCCC1)c1ccc(N2CC(CNC(=O)c3ccc4nc[nH]c4c3)CC2=O)cc1. The van der Waals surface area contributed by atoms with Gasteiger partial charge in [0.25, 0.3) is 5.91 Å². The van der Waals surface area contributed by atoms with Gasteiger partial charge in [-0.05, 0) is 68.4 Å². The maximum atomic E-state index is 12.7. The third-order valence-corrected chi connectivity index (χ3v) is 6.92. The number of nitrogens with zero attached hydrogens (tertiary/aromatic N) is 4. The van der Waals surface area contributed by atoms with Crippen LogP contribution >= 0.6 is 0 Å². The van der Waals surface area contributed by atoms with Crippen molar-refractivity contribution in [2.75, 3.05) is 49.6 Å². The molecule has 2 saturated heterocycles. The summed E-state index contributed by atoms with van der Waals surface area (Å²) in [7, 11) is 1.79. The van der Waals surface area contributed by atoms with Gasteiger partial charge in [-0.25, -0.2) is 4.98 Å². The number of anilines is 2. The summed E-state index contributed by atoms with van der Waals surface area (Å²) in [6, 6.07) is 12.9. The molecule has 2 aliphatic heterocycles. The highest BCUT2D eigenvalue weighted by molar-refractivity contribution is 5.98. The molecule has 2 N–H and O–H groups in total. The van der Waals surface area contributed by atoms with Crippen molar-refractivity contribution >= 4 is 40.1 Å². The van der Waals surface area contributed by atoms with Crippen molar-refractivity contribution in [3.63, 3.8) is 0 Å². The fourth-order valence-electron chi connectivity index (χ4n) is 4.82. The lowest BCUT2D eigenvalue weighted by molar-refractivity contribution is -0.119. The zero-order valence-electron chi connectivity index (χ0n) is 19.9. The Morgan fingerprint density at radius 2 is 1.91 bits per heavy atom. The molecule has 35 heavy (non-hydrogen) atoms. The van der Waals surface area contributed by atoms with Crippen molar-refractivity contribution in [1.82, 2.24) is 20.2 Å². The number of hydrogen-bond donors (Lipinski definition) is 2. The number of amides is 3. The van der Waals surface area contributed by atoms with E-state index in [1.54, 1.807) is 35.3 Å². The Bertz CT molecular complexity index is 1230. The molecule has 3 aromatic rings. The van der Waals surface area contributed by atoms with E-state index in [0.29, 0.717) is 31.6 Å². The smallest absolute Gasteiger partial charge is 0.251 e. The van der Waals surface area contributed by atoms with Crippen LogP contribution < -0.4 is 15.1 Å². The first-order valence-electron chi connectivity index (χ1n) is 12.1. The highest BCUT2D eigenvalue weighted by atomic mass is 16.2. The van der Waals surface area contributed by atoms with Crippen LogP contribution in [0.5, 0.6) is 0 Å². The van der Waals surface area contributed by atoms with Crippen molar-refractivity contribution in [2.45, 2.75) is 19.3 Å². The van der Waals surface area contributed by atoms with Gasteiger partial charge >= 0.3 is 0 Å². The van der Waals surface area contributed by atoms with Gasteiger partial charge in [-0.15, -0.1) is 0 Å². The van der Waals surface area contributed by atoms with Crippen LogP contribution in [0, 0.1) is 5.92 Å². The maximum absolute atomic E-state index is 12.7. The van der Waals surface area contributed by atoms with Crippen LogP contribution in [0.1, 0.15) is 29.6 Å². The van der Waals surface area contributed by atoms with E-state index in [-0.39, 0.29) is 23.6 Å². The zero-order valence-corrected chi connectivity index (χ0v) is 19.9. The molecule has 0 spiro atoms. The molecule has 3 amide bonds. The number of likely N-dealkylation sites (tertiary alicyclic amines) is 1. The van der Waals surface area contributed by atoms with E-state index in [2.05, 4.69) is 20.2 Å². The first-order chi connectivity index (χ1) is 17.0. The van der Waals surface area contributed by atoms with E-state index >= 15 is 0 Å². The summed E-state index contributed by atoms with van der Waals surface area (Å²) in [5.41, 5.74) is 3.79. The Hall–Kier alpha value is -3.72. The topological polar surface area (TPSA) is 102 Å². The molecular formula is C26H30N6O3.